The highest BCUT2D eigenvalue weighted by molar-refractivity contribution is 6.19. The number of methoxy groups -OCH3 is 1. The van der Waals surface area contributed by atoms with Gasteiger partial charge in [0, 0.05) is 0 Å². The lowest BCUT2D eigenvalue weighted by Gasteiger charge is -2.09. The monoisotopic (exact) mass is 238 g/mol. The molecule has 1 aromatic rings. The molecule has 0 heterocycles. The number of rotatable bonds is 4. The summed E-state index contributed by atoms with van der Waals surface area (Å²) >= 11 is 5.39. The van der Waals surface area contributed by atoms with Gasteiger partial charge in [0.15, 0.2) is 17.8 Å². The summed E-state index contributed by atoms with van der Waals surface area (Å²) in [5.41, 5.74) is 0.437. The number of hydrogen-bond donors (Lipinski definition) is 0. The van der Waals surface area contributed by atoms with Crippen molar-refractivity contribution in [2.24, 2.45) is 0 Å². The minimum absolute atomic E-state index is 0.175. The van der Waals surface area contributed by atoms with Gasteiger partial charge in [-0.2, -0.15) is 0 Å². The van der Waals surface area contributed by atoms with Crippen LogP contribution in [0.3, 0.4) is 0 Å². The molecular formula is C12H11ClO3. The molecule has 0 saturated carbocycles. The normalized spacial score (nSPS) is 8.88. The van der Waals surface area contributed by atoms with Crippen LogP contribution in [0.4, 0.5) is 0 Å². The predicted octanol–water partition coefficient (Wildman–Crippen LogP) is 2.13. The molecule has 0 N–H and O–H groups in total. The van der Waals surface area contributed by atoms with Gasteiger partial charge in [-0.3, -0.25) is 4.79 Å². The van der Waals surface area contributed by atoms with Gasteiger partial charge in [-0.15, -0.1) is 11.6 Å². The second kappa shape index (κ2) is 6.76. The Kier molecular flexibility index (Phi) is 5.24. The van der Waals surface area contributed by atoms with Crippen LogP contribution in [-0.4, -0.2) is 25.9 Å². The van der Waals surface area contributed by atoms with Crippen LogP contribution in [0.2, 0.25) is 0 Å². The second-order valence-electron chi connectivity index (χ2n) is 2.77. The Morgan fingerprint density at radius 1 is 1.44 bits per heavy atom. The number of halogens is 1. The quantitative estimate of drug-likeness (QED) is 0.458. The number of aldehydes is 1. The maximum absolute atomic E-state index is 10.8. The summed E-state index contributed by atoms with van der Waals surface area (Å²) in [4.78, 5) is 10.8. The summed E-state index contributed by atoms with van der Waals surface area (Å²) in [7, 11) is 1.52. The Labute approximate surface area is 99.3 Å². The molecule has 0 unspecified atom stereocenters. The molecule has 4 heteroatoms. The fourth-order valence-corrected chi connectivity index (χ4v) is 1.24. The van der Waals surface area contributed by atoms with Crippen molar-refractivity contribution in [2.75, 3.05) is 19.6 Å². The average molecular weight is 239 g/mol. The Bertz CT molecular complexity index is 418. The topological polar surface area (TPSA) is 35.5 Å². The molecule has 0 amide bonds. The van der Waals surface area contributed by atoms with Crippen LogP contribution in [0.1, 0.15) is 10.4 Å². The molecule has 0 aliphatic rings. The number of ether oxygens (including phenoxy) is 2. The number of benzene rings is 1. The van der Waals surface area contributed by atoms with Crippen LogP contribution >= 0.6 is 11.6 Å². The van der Waals surface area contributed by atoms with Gasteiger partial charge in [-0.25, -0.2) is 0 Å². The molecule has 84 valence electrons. The molecule has 0 aliphatic carbocycles. The van der Waals surface area contributed by atoms with Gasteiger partial charge in [-0.1, -0.05) is 17.9 Å². The lowest BCUT2D eigenvalue weighted by atomic mass is 10.2. The van der Waals surface area contributed by atoms with E-state index in [-0.39, 0.29) is 12.5 Å². The first-order valence-electron chi connectivity index (χ1n) is 4.60. The Balaban J connectivity index is 2.86. The molecule has 1 rings (SSSR count). The van der Waals surface area contributed by atoms with Crippen LogP contribution < -0.4 is 9.47 Å². The molecule has 0 bridgehead atoms. The highest BCUT2D eigenvalue weighted by atomic mass is 35.5. The third-order valence-electron chi connectivity index (χ3n) is 1.84. The van der Waals surface area contributed by atoms with E-state index in [9.17, 15) is 4.79 Å². The fourth-order valence-electron chi connectivity index (χ4n) is 1.15. The van der Waals surface area contributed by atoms with Crippen molar-refractivity contribution in [1.82, 2.24) is 0 Å². The summed E-state index contributed by atoms with van der Waals surface area (Å²) < 4.78 is 10.5. The smallest absolute Gasteiger partial charge is 0.173 e. The minimum atomic E-state index is 0.175. The SMILES string of the molecule is COc1cccc(C=O)c1OCC#CCCl. The summed E-state index contributed by atoms with van der Waals surface area (Å²) in [5, 5.41) is 0. The fraction of sp³-hybridized carbons (Fsp3) is 0.250. The van der Waals surface area contributed by atoms with Gasteiger partial charge >= 0.3 is 0 Å². The van der Waals surface area contributed by atoms with E-state index in [1.165, 1.54) is 7.11 Å². The molecule has 0 radical (unpaired) electrons. The molecule has 0 atom stereocenters. The van der Waals surface area contributed by atoms with Gasteiger partial charge in [-0.05, 0) is 12.1 Å². The van der Waals surface area contributed by atoms with Crippen molar-refractivity contribution in [1.29, 1.82) is 0 Å². The lowest BCUT2D eigenvalue weighted by molar-refractivity contribution is 0.111. The van der Waals surface area contributed by atoms with Gasteiger partial charge in [0.05, 0.1) is 18.6 Å². The first-order chi connectivity index (χ1) is 7.83. The summed E-state index contributed by atoms with van der Waals surface area (Å²) in [6.07, 6.45) is 0.715. The number of para-hydroxylation sites is 1. The van der Waals surface area contributed by atoms with Gasteiger partial charge < -0.3 is 9.47 Å². The zero-order chi connectivity index (χ0) is 11.8. The maximum atomic E-state index is 10.8. The number of carbonyl (C=O) groups is 1. The molecule has 0 saturated heterocycles. The van der Waals surface area contributed by atoms with E-state index in [1.54, 1.807) is 18.2 Å². The molecule has 0 aliphatic heterocycles. The van der Waals surface area contributed by atoms with Crippen molar-refractivity contribution in [3.63, 3.8) is 0 Å². The number of hydrogen-bond acceptors (Lipinski definition) is 3. The highest BCUT2D eigenvalue weighted by Gasteiger charge is 2.08. The zero-order valence-electron chi connectivity index (χ0n) is 8.83. The average Bonchev–Trinajstić information content (AvgIpc) is 2.34. The Morgan fingerprint density at radius 2 is 2.25 bits per heavy atom. The van der Waals surface area contributed by atoms with E-state index < -0.39 is 0 Å². The van der Waals surface area contributed by atoms with Crippen molar-refractivity contribution < 1.29 is 14.3 Å². The van der Waals surface area contributed by atoms with Gasteiger partial charge in [0.25, 0.3) is 0 Å². The van der Waals surface area contributed by atoms with Crippen LogP contribution in [0.5, 0.6) is 11.5 Å². The maximum Gasteiger partial charge on any atom is 0.173 e. The van der Waals surface area contributed by atoms with Gasteiger partial charge in [0.1, 0.15) is 6.61 Å². The van der Waals surface area contributed by atoms with Gasteiger partial charge in [0.2, 0.25) is 0 Å². The molecular weight excluding hydrogens is 228 g/mol. The molecule has 0 fully saturated rings. The van der Waals surface area contributed by atoms with E-state index in [4.69, 9.17) is 21.1 Å². The third kappa shape index (κ3) is 3.18. The van der Waals surface area contributed by atoms with Crippen molar-refractivity contribution in [3.8, 4) is 23.3 Å². The van der Waals surface area contributed by atoms with Crippen LogP contribution in [0.15, 0.2) is 18.2 Å². The molecule has 1 aromatic carbocycles. The first kappa shape index (κ1) is 12.4. The second-order valence-corrected chi connectivity index (χ2v) is 3.04. The molecule has 16 heavy (non-hydrogen) atoms. The van der Waals surface area contributed by atoms with Crippen LogP contribution in [-0.2, 0) is 0 Å². The largest absolute Gasteiger partial charge is 0.493 e. The van der Waals surface area contributed by atoms with E-state index in [1.807, 2.05) is 0 Å². The van der Waals surface area contributed by atoms with Crippen LogP contribution in [0, 0.1) is 11.8 Å². The van der Waals surface area contributed by atoms with E-state index in [2.05, 4.69) is 11.8 Å². The van der Waals surface area contributed by atoms with Crippen LogP contribution in [0.25, 0.3) is 0 Å². The summed E-state index contributed by atoms with van der Waals surface area (Å²) in [6.45, 7) is 0.175. The Hall–Kier alpha value is -1.66. The van der Waals surface area contributed by atoms with E-state index in [0.717, 1.165) is 0 Å². The third-order valence-corrected chi connectivity index (χ3v) is 1.97. The molecule has 0 aromatic heterocycles. The van der Waals surface area contributed by atoms with E-state index >= 15 is 0 Å². The standard InChI is InChI=1S/C12H11ClO3/c1-15-11-6-4-5-10(9-14)12(11)16-8-3-2-7-13/h4-6,9H,7-8H2,1H3. The number of carbonyl (C=O) groups excluding carboxylic acids is 1. The number of alkyl halides is 1. The minimum Gasteiger partial charge on any atom is -0.493 e. The summed E-state index contributed by atoms with van der Waals surface area (Å²) in [6, 6.07) is 5.09. The zero-order valence-corrected chi connectivity index (χ0v) is 9.58. The first-order valence-corrected chi connectivity index (χ1v) is 5.13. The highest BCUT2D eigenvalue weighted by Crippen LogP contribution is 2.29. The van der Waals surface area contributed by atoms with Crippen molar-refractivity contribution in [2.45, 2.75) is 0 Å². The summed E-state index contributed by atoms with van der Waals surface area (Å²) in [5.74, 6) is 6.54. The van der Waals surface area contributed by atoms with Crippen molar-refractivity contribution in [3.05, 3.63) is 23.8 Å². The van der Waals surface area contributed by atoms with E-state index in [0.29, 0.717) is 23.3 Å². The molecule has 3 nitrogen and oxygen atoms in total. The predicted molar refractivity (Wildman–Crippen MR) is 62.4 cm³/mol. The van der Waals surface area contributed by atoms with Crippen molar-refractivity contribution >= 4 is 17.9 Å². The Morgan fingerprint density at radius 3 is 2.88 bits per heavy atom. The lowest BCUT2D eigenvalue weighted by Crippen LogP contribution is -2.00. The molecule has 0 spiro atoms.